The Kier molecular flexibility index (Phi) is 7.15. The van der Waals surface area contributed by atoms with Crippen LogP contribution in [0.3, 0.4) is 0 Å². The van der Waals surface area contributed by atoms with Gasteiger partial charge < -0.3 is 15.3 Å². The number of carbonyl (C=O) groups is 1. The van der Waals surface area contributed by atoms with Gasteiger partial charge in [0.05, 0.1) is 0 Å². The first-order valence-electron chi connectivity index (χ1n) is 14.1. The monoisotopic (exact) mass is 462 g/mol. The maximum absolute atomic E-state index is 13.3. The van der Waals surface area contributed by atoms with Crippen LogP contribution in [-0.2, 0) is 4.79 Å². The maximum Gasteiger partial charge on any atom is 0.275 e. The number of carbonyl (C=O) groups excluding carboxylic acids is 1. The van der Waals surface area contributed by atoms with Gasteiger partial charge in [-0.25, -0.2) is 0 Å². The zero-order valence-electron chi connectivity index (χ0n) is 21.9. The molecule has 1 unspecified atom stereocenters. The summed E-state index contributed by atoms with van der Waals surface area (Å²) in [6, 6.07) is 0. The molecule has 190 valence electrons. The first-order chi connectivity index (χ1) is 15.4. The molecule has 0 aromatic rings. The Morgan fingerprint density at radius 2 is 1.61 bits per heavy atom. The van der Waals surface area contributed by atoms with Crippen LogP contribution >= 0.6 is 0 Å². The number of hydrogen-bond acceptors (Lipinski definition) is 4. The van der Waals surface area contributed by atoms with Gasteiger partial charge in [0.2, 0.25) is 0 Å². The van der Waals surface area contributed by atoms with Crippen LogP contribution in [0.15, 0.2) is 0 Å². The minimum Gasteiger partial charge on any atom is -0.344 e. The Morgan fingerprint density at radius 1 is 0.909 bits per heavy atom. The second-order valence-corrected chi connectivity index (χ2v) is 13.6. The molecule has 4 saturated carbocycles. The molecule has 0 aromatic carbocycles. The van der Waals surface area contributed by atoms with E-state index >= 15 is 0 Å². The third-order valence-electron chi connectivity index (χ3n) is 11.6. The van der Waals surface area contributed by atoms with Crippen LogP contribution < -0.4 is 0 Å². The lowest BCUT2D eigenvalue weighted by atomic mass is 9.44. The highest BCUT2D eigenvalue weighted by atomic mass is 16.7. The Bertz CT molecular complexity index is 711. The van der Waals surface area contributed by atoms with E-state index in [1.807, 2.05) is 0 Å². The third kappa shape index (κ3) is 4.70. The zero-order valence-corrected chi connectivity index (χ0v) is 21.9. The molecule has 4 aliphatic rings. The van der Waals surface area contributed by atoms with Gasteiger partial charge in [-0.1, -0.05) is 53.9 Å². The Labute approximate surface area is 201 Å². The van der Waals surface area contributed by atoms with Crippen molar-refractivity contribution in [3.05, 3.63) is 0 Å². The van der Waals surface area contributed by atoms with E-state index in [0.29, 0.717) is 46.7 Å². The van der Waals surface area contributed by atoms with Crippen molar-refractivity contribution in [3.63, 3.8) is 0 Å². The number of hydrogen-bond donors (Lipinski definition) is 3. The molecule has 33 heavy (non-hydrogen) atoms. The van der Waals surface area contributed by atoms with Crippen molar-refractivity contribution in [1.82, 2.24) is 0 Å². The van der Waals surface area contributed by atoms with E-state index in [9.17, 15) is 20.1 Å². The van der Waals surface area contributed by atoms with Crippen molar-refractivity contribution in [1.29, 1.82) is 0 Å². The number of Topliss-reactive ketones (excluding diaryl/α,β-unsaturated/α-hetero) is 1. The van der Waals surface area contributed by atoms with Crippen LogP contribution in [0.2, 0.25) is 0 Å². The minimum atomic E-state index is -2.57. The summed E-state index contributed by atoms with van der Waals surface area (Å²) in [5, 5.41) is 28.6. The molecule has 4 nitrogen and oxygen atoms in total. The first kappa shape index (κ1) is 25.6. The van der Waals surface area contributed by atoms with Crippen LogP contribution in [-0.4, -0.2) is 27.1 Å². The number of fused-ring (bicyclic) bond motifs is 5. The van der Waals surface area contributed by atoms with Crippen LogP contribution in [0, 0.1) is 58.2 Å². The topological polar surface area (TPSA) is 77.8 Å². The first-order valence-corrected chi connectivity index (χ1v) is 14.1. The predicted molar refractivity (Wildman–Crippen MR) is 131 cm³/mol. The van der Waals surface area contributed by atoms with Crippen molar-refractivity contribution in [2.75, 3.05) is 0 Å². The molecule has 4 aliphatic carbocycles. The fourth-order valence-corrected chi connectivity index (χ4v) is 9.77. The number of rotatable bonds is 7. The van der Waals surface area contributed by atoms with Crippen molar-refractivity contribution < 1.29 is 20.1 Å². The highest BCUT2D eigenvalue weighted by molar-refractivity contribution is 5.83. The van der Waals surface area contributed by atoms with Crippen LogP contribution in [0.25, 0.3) is 0 Å². The van der Waals surface area contributed by atoms with Gasteiger partial charge in [-0.05, 0) is 97.2 Å². The van der Waals surface area contributed by atoms with Crippen molar-refractivity contribution >= 4 is 5.78 Å². The summed E-state index contributed by atoms with van der Waals surface area (Å²) in [6.45, 7) is 11.6. The van der Waals surface area contributed by atoms with Gasteiger partial charge in [0.1, 0.15) is 5.78 Å². The molecule has 9 atom stereocenters. The van der Waals surface area contributed by atoms with Gasteiger partial charge in [-0.3, -0.25) is 4.79 Å². The van der Waals surface area contributed by atoms with Gasteiger partial charge in [0.25, 0.3) is 5.97 Å². The lowest BCUT2D eigenvalue weighted by Crippen LogP contribution is -2.56. The Hall–Kier alpha value is -0.450. The van der Waals surface area contributed by atoms with Crippen molar-refractivity contribution in [2.45, 2.75) is 118 Å². The molecule has 4 rings (SSSR count). The standard InChI is InChI=1S/C29H50O4/c1-18(2)20(17-29(31,32)33)10-9-19(3)22-11-12-23-21-16-26(30)25-8-6-7-14-27(25,4)24(21)13-15-28(22,23)5/h18-25,31-33H,6-17H2,1-5H3/t19-,20+,21+,22-,23+,24+,25?,27-,28-/m1/s1. The SMILES string of the molecule is CC(C)[C@@H](CC[C@@H](C)[C@H]1CC[C@H]2[C@@H]3CC(=O)C4CCCC[C@]4(C)[C@H]3CC[C@]12C)CC(O)(O)O. The molecule has 0 aliphatic heterocycles. The highest BCUT2D eigenvalue weighted by Crippen LogP contribution is 2.67. The predicted octanol–water partition coefficient (Wildman–Crippen LogP) is 5.92. The molecule has 3 N–H and O–H groups in total. The van der Waals surface area contributed by atoms with Gasteiger partial charge in [0.15, 0.2) is 0 Å². The zero-order chi connectivity index (χ0) is 24.2. The average Bonchev–Trinajstić information content (AvgIpc) is 3.07. The molecule has 0 spiro atoms. The molecule has 4 heteroatoms. The quantitative estimate of drug-likeness (QED) is 0.410. The maximum atomic E-state index is 13.3. The summed E-state index contributed by atoms with van der Waals surface area (Å²) in [7, 11) is 0. The molecule has 0 heterocycles. The molecular formula is C29H50O4. The molecule has 0 amide bonds. The molecular weight excluding hydrogens is 412 g/mol. The lowest BCUT2D eigenvalue weighted by Gasteiger charge is -2.60. The van der Waals surface area contributed by atoms with Gasteiger partial charge in [-0.15, -0.1) is 0 Å². The largest absolute Gasteiger partial charge is 0.344 e. The van der Waals surface area contributed by atoms with Crippen molar-refractivity contribution in [3.8, 4) is 0 Å². The summed E-state index contributed by atoms with van der Waals surface area (Å²) < 4.78 is 0. The second kappa shape index (κ2) is 9.21. The minimum absolute atomic E-state index is 0.0214. The molecule has 4 fully saturated rings. The van der Waals surface area contributed by atoms with Crippen LogP contribution in [0.1, 0.15) is 112 Å². The van der Waals surface area contributed by atoms with E-state index in [0.717, 1.165) is 31.6 Å². The average molecular weight is 463 g/mol. The summed E-state index contributed by atoms with van der Waals surface area (Å²) in [4.78, 5) is 13.3. The number of ketones is 1. The van der Waals surface area contributed by atoms with Crippen LogP contribution in [0.5, 0.6) is 0 Å². The Morgan fingerprint density at radius 3 is 2.27 bits per heavy atom. The lowest BCUT2D eigenvalue weighted by molar-refractivity contribution is -0.321. The summed E-state index contributed by atoms with van der Waals surface area (Å²) in [6.07, 6.45) is 13.0. The molecule has 0 bridgehead atoms. The van der Waals surface area contributed by atoms with Gasteiger partial charge in [0, 0.05) is 18.8 Å². The van der Waals surface area contributed by atoms with Gasteiger partial charge >= 0.3 is 0 Å². The highest BCUT2D eigenvalue weighted by Gasteiger charge is 2.61. The van der Waals surface area contributed by atoms with E-state index in [1.165, 1.54) is 44.9 Å². The molecule has 0 saturated heterocycles. The van der Waals surface area contributed by atoms with Crippen LogP contribution in [0.4, 0.5) is 0 Å². The Balaban J connectivity index is 1.45. The fourth-order valence-electron chi connectivity index (χ4n) is 9.77. The van der Waals surface area contributed by atoms with Gasteiger partial charge in [-0.2, -0.15) is 0 Å². The van der Waals surface area contributed by atoms with Crippen molar-refractivity contribution in [2.24, 2.45) is 58.2 Å². The van der Waals surface area contributed by atoms with E-state index in [4.69, 9.17) is 0 Å². The second-order valence-electron chi connectivity index (χ2n) is 13.6. The molecule has 0 aromatic heterocycles. The third-order valence-corrected chi connectivity index (χ3v) is 11.6. The fraction of sp³-hybridized carbons (Fsp3) is 0.966. The summed E-state index contributed by atoms with van der Waals surface area (Å²) >= 11 is 0. The van der Waals surface area contributed by atoms with E-state index in [-0.39, 0.29) is 17.8 Å². The van der Waals surface area contributed by atoms with E-state index in [2.05, 4.69) is 34.6 Å². The van der Waals surface area contributed by atoms with E-state index < -0.39 is 5.97 Å². The number of aliphatic hydroxyl groups is 3. The molecule has 0 radical (unpaired) electrons. The summed E-state index contributed by atoms with van der Waals surface area (Å²) in [5.41, 5.74) is 0.583. The normalized spacial score (nSPS) is 43.1. The van der Waals surface area contributed by atoms with E-state index in [1.54, 1.807) is 0 Å². The smallest absolute Gasteiger partial charge is 0.275 e. The summed E-state index contributed by atoms with van der Waals surface area (Å²) in [5.74, 6) is 2.05.